The van der Waals surface area contributed by atoms with Crippen molar-refractivity contribution in [2.24, 2.45) is 0 Å². The third-order valence-electron chi connectivity index (χ3n) is 3.89. The molecule has 0 bridgehead atoms. The minimum Gasteiger partial charge on any atom is -0.486 e. The van der Waals surface area contributed by atoms with E-state index in [1.54, 1.807) is 0 Å². The summed E-state index contributed by atoms with van der Waals surface area (Å²) in [7, 11) is 0. The van der Waals surface area contributed by atoms with Crippen molar-refractivity contribution >= 4 is 38.1 Å². The molecule has 0 fully saturated rings. The van der Waals surface area contributed by atoms with Gasteiger partial charge in [0.2, 0.25) is 5.13 Å². The van der Waals surface area contributed by atoms with Crippen molar-refractivity contribution in [2.45, 2.75) is 6.61 Å². The maximum atomic E-state index is 5.84. The standard InChI is InChI=1S/C21H16BrN3OS/c22-17-8-10-18(11-9-17)23-21-25-24-20(27-21)14-26-19-12-6-16(7-13-19)15-4-2-1-3-5-15/h1-13H,14H2,(H,23,25). The Kier molecular flexibility index (Phi) is 5.46. The first kappa shape index (κ1) is 17.7. The van der Waals surface area contributed by atoms with Crippen LogP contribution in [0.2, 0.25) is 0 Å². The van der Waals surface area contributed by atoms with Gasteiger partial charge in [-0.2, -0.15) is 0 Å². The van der Waals surface area contributed by atoms with Gasteiger partial charge >= 0.3 is 0 Å². The Bertz CT molecular complexity index is 1000. The zero-order valence-electron chi connectivity index (χ0n) is 14.3. The molecule has 6 heteroatoms. The molecule has 0 saturated heterocycles. The Balaban J connectivity index is 1.35. The van der Waals surface area contributed by atoms with E-state index < -0.39 is 0 Å². The summed E-state index contributed by atoms with van der Waals surface area (Å²) in [6.07, 6.45) is 0. The number of rotatable bonds is 6. The van der Waals surface area contributed by atoms with Gasteiger partial charge in [0.1, 0.15) is 12.4 Å². The summed E-state index contributed by atoms with van der Waals surface area (Å²) >= 11 is 4.91. The Hall–Kier alpha value is -2.70. The largest absolute Gasteiger partial charge is 0.486 e. The van der Waals surface area contributed by atoms with Crippen LogP contribution in [0.1, 0.15) is 5.01 Å². The minimum atomic E-state index is 0.393. The first-order valence-corrected chi connectivity index (χ1v) is 10.0. The SMILES string of the molecule is Brc1ccc(Nc2nnc(COc3ccc(-c4ccccc4)cc3)s2)cc1. The van der Waals surface area contributed by atoms with E-state index in [2.05, 4.69) is 55.7 Å². The molecule has 1 N–H and O–H groups in total. The summed E-state index contributed by atoms with van der Waals surface area (Å²) in [6, 6.07) is 26.3. The van der Waals surface area contributed by atoms with Crippen LogP contribution in [-0.4, -0.2) is 10.2 Å². The normalized spacial score (nSPS) is 10.6. The highest BCUT2D eigenvalue weighted by molar-refractivity contribution is 9.10. The lowest BCUT2D eigenvalue weighted by molar-refractivity contribution is 0.304. The Morgan fingerprint density at radius 1 is 0.815 bits per heavy atom. The highest BCUT2D eigenvalue weighted by Gasteiger charge is 2.06. The minimum absolute atomic E-state index is 0.393. The molecule has 0 atom stereocenters. The lowest BCUT2D eigenvalue weighted by Gasteiger charge is -2.05. The number of benzene rings is 3. The van der Waals surface area contributed by atoms with E-state index >= 15 is 0 Å². The number of ether oxygens (including phenoxy) is 1. The number of nitrogens with one attached hydrogen (secondary N) is 1. The van der Waals surface area contributed by atoms with Gasteiger partial charge in [0, 0.05) is 10.2 Å². The van der Waals surface area contributed by atoms with Crippen LogP contribution < -0.4 is 10.1 Å². The lowest BCUT2D eigenvalue weighted by Crippen LogP contribution is -1.94. The van der Waals surface area contributed by atoms with Crippen LogP contribution in [0.4, 0.5) is 10.8 Å². The summed E-state index contributed by atoms with van der Waals surface area (Å²) in [5.41, 5.74) is 3.33. The van der Waals surface area contributed by atoms with Crippen molar-refractivity contribution in [3.63, 3.8) is 0 Å². The molecule has 0 aliphatic carbocycles. The van der Waals surface area contributed by atoms with E-state index in [0.717, 1.165) is 26.0 Å². The van der Waals surface area contributed by atoms with Crippen molar-refractivity contribution in [1.82, 2.24) is 10.2 Å². The fourth-order valence-corrected chi connectivity index (χ4v) is 3.48. The van der Waals surface area contributed by atoms with Crippen LogP contribution in [0, 0.1) is 0 Å². The highest BCUT2D eigenvalue weighted by atomic mass is 79.9. The second kappa shape index (κ2) is 8.33. The van der Waals surface area contributed by atoms with Crippen molar-refractivity contribution in [3.8, 4) is 16.9 Å². The molecule has 3 aromatic carbocycles. The van der Waals surface area contributed by atoms with E-state index in [4.69, 9.17) is 4.74 Å². The highest BCUT2D eigenvalue weighted by Crippen LogP contribution is 2.25. The lowest BCUT2D eigenvalue weighted by atomic mass is 10.1. The Labute approximate surface area is 170 Å². The van der Waals surface area contributed by atoms with E-state index in [0.29, 0.717) is 6.61 Å². The number of halogens is 1. The van der Waals surface area contributed by atoms with E-state index in [1.807, 2.05) is 54.6 Å². The van der Waals surface area contributed by atoms with Crippen LogP contribution in [0.25, 0.3) is 11.1 Å². The Morgan fingerprint density at radius 3 is 2.26 bits per heavy atom. The zero-order valence-corrected chi connectivity index (χ0v) is 16.7. The fraction of sp³-hybridized carbons (Fsp3) is 0.0476. The topological polar surface area (TPSA) is 47.0 Å². The van der Waals surface area contributed by atoms with E-state index in [9.17, 15) is 0 Å². The molecule has 27 heavy (non-hydrogen) atoms. The van der Waals surface area contributed by atoms with Crippen molar-refractivity contribution < 1.29 is 4.74 Å². The smallest absolute Gasteiger partial charge is 0.210 e. The fourth-order valence-electron chi connectivity index (χ4n) is 2.54. The van der Waals surface area contributed by atoms with Gasteiger partial charge in [-0.15, -0.1) is 10.2 Å². The van der Waals surface area contributed by atoms with Gasteiger partial charge in [-0.1, -0.05) is 69.7 Å². The summed E-state index contributed by atoms with van der Waals surface area (Å²) in [5.74, 6) is 0.812. The average Bonchev–Trinajstić information content (AvgIpc) is 3.17. The molecule has 0 aliphatic rings. The molecular weight excluding hydrogens is 422 g/mol. The van der Waals surface area contributed by atoms with Crippen LogP contribution in [0.3, 0.4) is 0 Å². The van der Waals surface area contributed by atoms with Crippen LogP contribution in [-0.2, 0) is 6.61 Å². The summed E-state index contributed by atoms with van der Waals surface area (Å²) < 4.78 is 6.88. The van der Waals surface area contributed by atoms with Crippen molar-refractivity contribution in [2.75, 3.05) is 5.32 Å². The summed E-state index contributed by atoms with van der Waals surface area (Å²) in [4.78, 5) is 0. The van der Waals surface area contributed by atoms with E-state index in [1.165, 1.54) is 22.5 Å². The van der Waals surface area contributed by atoms with Crippen LogP contribution >= 0.6 is 27.3 Å². The average molecular weight is 438 g/mol. The third-order valence-corrected chi connectivity index (χ3v) is 5.23. The first-order chi connectivity index (χ1) is 13.3. The molecule has 0 spiro atoms. The maximum absolute atomic E-state index is 5.84. The third kappa shape index (κ3) is 4.72. The maximum Gasteiger partial charge on any atom is 0.210 e. The quantitative estimate of drug-likeness (QED) is 0.384. The molecule has 134 valence electrons. The van der Waals surface area contributed by atoms with Gasteiger partial charge in [0.25, 0.3) is 0 Å². The summed E-state index contributed by atoms with van der Waals surface area (Å²) in [5, 5.41) is 13.2. The summed E-state index contributed by atoms with van der Waals surface area (Å²) in [6.45, 7) is 0.393. The predicted octanol–water partition coefficient (Wildman–Crippen LogP) is 6.29. The van der Waals surface area contributed by atoms with Gasteiger partial charge in [-0.25, -0.2) is 0 Å². The zero-order chi connectivity index (χ0) is 18.5. The second-order valence-electron chi connectivity index (χ2n) is 5.81. The molecule has 0 aliphatic heterocycles. The molecule has 0 radical (unpaired) electrons. The molecule has 0 amide bonds. The first-order valence-electron chi connectivity index (χ1n) is 8.39. The molecule has 4 rings (SSSR count). The predicted molar refractivity (Wildman–Crippen MR) is 114 cm³/mol. The van der Waals surface area contributed by atoms with Gasteiger partial charge in [0.15, 0.2) is 5.01 Å². The van der Waals surface area contributed by atoms with Crippen LogP contribution in [0.5, 0.6) is 5.75 Å². The molecule has 1 heterocycles. The van der Waals surface area contributed by atoms with Crippen LogP contribution in [0.15, 0.2) is 83.3 Å². The van der Waals surface area contributed by atoms with Crippen molar-refractivity contribution in [1.29, 1.82) is 0 Å². The number of nitrogens with zero attached hydrogens (tertiary/aromatic N) is 2. The number of hydrogen-bond acceptors (Lipinski definition) is 5. The monoisotopic (exact) mass is 437 g/mol. The second-order valence-corrected chi connectivity index (χ2v) is 7.79. The molecule has 0 unspecified atom stereocenters. The molecular formula is C21H16BrN3OS. The van der Waals surface area contributed by atoms with Crippen molar-refractivity contribution in [3.05, 3.63) is 88.3 Å². The number of hydrogen-bond donors (Lipinski definition) is 1. The molecule has 4 aromatic rings. The molecule has 4 nitrogen and oxygen atoms in total. The van der Waals surface area contributed by atoms with Gasteiger partial charge < -0.3 is 10.1 Å². The van der Waals surface area contributed by atoms with Gasteiger partial charge in [-0.05, 0) is 47.5 Å². The molecule has 0 saturated carbocycles. The van der Waals surface area contributed by atoms with Gasteiger partial charge in [0.05, 0.1) is 0 Å². The molecule has 1 aromatic heterocycles. The van der Waals surface area contributed by atoms with Gasteiger partial charge in [-0.3, -0.25) is 0 Å². The Morgan fingerprint density at radius 2 is 1.52 bits per heavy atom. The van der Waals surface area contributed by atoms with E-state index in [-0.39, 0.29) is 0 Å². The number of aromatic nitrogens is 2. The number of anilines is 2.